The highest BCUT2D eigenvalue weighted by atomic mass is 16.4. The quantitative estimate of drug-likeness (QED) is 0.273. The molecule has 122 valence electrons. The molecule has 21 heavy (non-hydrogen) atoms. The van der Waals surface area contributed by atoms with Gasteiger partial charge < -0.3 is 10.2 Å². The maximum absolute atomic E-state index is 10.2. The molecule has 1 unspecified atom stereocenters. The van der Waals surface area contributed by atoms with Crippen LogP contribution in [0, 0.1) is 0 Å². The van der Waals surface area contributed by atoms with Crippen LogP contribution in [0.15, 0.2) is 24.3 Å². The number of hydrogen-bond acceptors (Lipinski definition) is 2. The Labute approximate surface area is 129 Å². The van der Waals surface area contributed by atoms with Crippen LogP contribution in [0.1, 0.15) is 77.6 Å². The molecule has 0 rings (SSSR count). The molecule has 2 N–H and O–H groups in total. The molecule has 3 nitrogen and oxygen atoms in total. The first-order valence-corrected chi connectivity index (χ1v) is 8.42. The molecule has 0 aromatic heterocycles. The normalized spacial score (nSPS) is 13.2. The van der Waals surface area contributed by atoms with Crippen molar-refractivity contribution in [3.05, 3.63) is 24.3 Å². The van der Waals surface area contributed by atoms with Gasteiger partial charge in [-0.3, -0.25) is 0 Å². The Morgan fingerprint density at radius 3 is 1.95 bits per heavy atom. The fourth-order valence-electron chi connectivity index (χ4n) is 2.27. The van der Waals surface area contributed by atoms with Crippen molar-refractivity contribution in [2.24, 2.45) is 0 Å². The number of unbranched alkanes of at least 4 members (excludes halogenated alkanes) is 9. The van der Waals surface area contributed by atoms with Gasteiger partial charge in [0.2, 0.25) is 0 Å². The van der Waals surface area contributed by atoms with Crippen molar-refractivity contribution < 1.29 is 15.0 Å². The van der Waals surface area contributed by atoms with Gasteiger partial charge in [-0.1, -0.05) is 89.4 Å². The summed E-state index contributed by atoms with van der Waals surface area (Å²) < 4.78 is 0. The molecule has 0 bridgehead atoms. The summed E-state index contributed by atoms with van der Waals surface area (Å²) in [5, 5.41) is 18.1. The predicted molar refractivity (Wildman–Crippen MR) is 88.4 cm³/mol. The molecule has 0 aromatic rings. The first kappa shape index (κ1) is 19.9. The van der Waals surface area contributed by atoms with E-state index in [1.54, 1.807) is 12.2 Å². The highest BCUT2D eigenvalue weighted by Crippen LogP contribution is 2.12. The average Bonchev–Trinajstić information content (AvgIpc) is 2.45. The molecule has 1 atom stereocenters. The van der Waals surface area contributed by atoms with E-state index in [0.717, 1.165) is 18.9 Å². The van der Waals surface area contributed by atoms with Gasteiger partial charge in [-0.2, -0.15) is 0 Å². The summed E-state index contributed by atoms with van der Waals surface area (Å²) >= 11 is 0. The molecular formula is C18H32O3. The van der Waals surface area contributed by atoms with Crippen LogP contribution in [0.3, 0.4) is 0 Å². The lowest BCUT2D eigenvalue weighted by atomic mass is 10.0. The third kappa shape index (κ3) is 16.9. The fourth-order valence-corrected chi connectivity index (χ4v) is 2.27. The Bertz CT molecular complexity index is 295. The average molecular weight is 296 g/mol. The van der Waals surface area contributed by atoms with E-state index in [1.807, 2.05) is 0 Å². The molecule has 0 aliphatic carbocycles. The summed E-state index contributed by atoms with van der Waals surface area (Å²) in [6.07, 6.45) is 18.9. The molecule has 0 saturated heterocycles. The largest absolute Gasteiger partial charge is 0.478 e. The number of rotatable bonds is 14. The first-order valence-electron chi connectivity index (χ1n) is 8.42. The van der Waals surface area contributed by atoms with Gasteiger partial charge in [0.15, 0.2) is 0 Å². The van der Waals surface area contributed by atoms with E-state index in [4.69, 9.17) is 5.11 Å². The molecular weight excluding hydrogens is 264 g/mol. The Hall–Kier alpha value is -1.09. The minimum atomic E-state index is -0.969. The molecule has 0 saturated carbocycles. The van der Waals surface area contributed by atoms with Crippen molar-refractivity contribution in [2.45, 2.75) is 83.7 Å². The summed E-state index contributed by atoms with van der Waals surface area (Å²) in [5.74, 6) is -0.969. The van der Waals surface area contributed by atoms with Crippen molar-refractivity contribution in [2.75, 3.05) is 0 Å². The predicted octanol–water partition coefficient (Wildman–Crippen LogP) is 4.86. The minimum absolute atomic E-state index is 0.461. The van der Waals surface area contributed by atoms with E-state index < -0.39 is 12.1 Å². The number of carboxylic acids is 1. The van der Waals surface area contributed by atoms with E-state index >= 15 is 0 Å². The van der Waals surface area contributed by atoms with Crippen LogP contribution >= 0.6 is 0 Å². The van der Waals surface area contributed by atoms with Gasteiger partial charge in [0.05, 0.1) is 6.10 Å². The molecule has 0 aromatic carbocycles. The summed E-state index contributed by atoms with van der Waals surface area (Å²) in [6, 6.07) is 0. The van der Waals surface area contributed by atoms with Gasteiger partial charge in [-0.25, -0.2) is 4.79 Å². The number of aliphatic hydroxyl groups is 1. The third-order valence-electron chi connectivity index (χ3n) is 3.54. The van der Waals surface area contributed by atoms with E-state index in [1.165, 1.54) is 63.9 Å². The van der Waals surface area contributed by atoms with Crippen LogP contribution in [-0.4, -0.2) is 22.3 Å². The Kier molecular flexibility index (Phi) is 14.5. The number of carboxylic acid groups (broad SMARTS) is 1. The Morgan fingerprint density at radius 1 is 0.905 bits per heavy atom. The maximum Gasteiger partial charge on any atom is 0.328 e. The topological polar surface area (TPSA) is 57.5 Å². The number of hydrogen-bond donors (Lipinski definition) is 2. The van der Waals surface area contributed by atoms with Gasteiger partial charge >= 0.3 is 5.97 Å². The lowest BCUT2D eigenvalue weighted by Crippen LogP contribution is -2.01. The van der Waals surface area contributed by atoms with Gasteiger partial charge in [-0.15, -0.1) is 0 Å². The highest BCUT2D eigenvalue weighted by Gasteiger charge is 1.98. The SMILES string of the molecule is CCCCCCCCCCCCC(O)C=CC=CC(=O)O. The highest BCUT2D eigenvalue weighted by molar-refractivity contribution is 5.80. The molecule has 0 fully saturated rings. The summed E-state index contributed by atoms with van der Waals surface area (Å²) in [4.78, 5) is 10.2. The van der Waals surface area contributed by atoms with E-state index in [2.05, 4.69) is 6.92 Å². The van der Waals surface area contributed by atoms with Crippen molar-refractivity contribution >= 4 is 5.97 Å². The van der Waals surface area contributed by atoms with Crippen LogP contribution in [-0.2, 0) is 4.79 Å². The number of carbonyl (C=O) groups is 1. The van der Waals surface area contributed by atoms with Crippen LogP contribution in [0.2, 0.25) is 0 Å². The monoisotopic (exact) mass is 296 g/mol. The molecule has 0 heterocycles. The zero-order valence-electron chi connectivity index (χ0n) is 13.5. The van der Waals surface area contributed by atoms with Gasteiger partial charge in [-0.05, 0) is 6.42 Å². The second kappa shape index (κ2) is 15.3. The van der Waals surface area contributed by atoms with Crippen molar-refractivity contribution in [3.63, 3.8) is 0 Å². The summed E-state index contributed by atoms with van der Waals surface area (Å²) in [7, 11) is 0. The first-order chi connectivity index (χ1) is 10.2. The standard InChI is InChI=1S/C18H32O3/c1-2-3-4-5-6-7-8-9-10-11-14-17(19)15-12-13-16-18(20)21/h12-13,15-17,19H,2-11,14H2,1H3,(H,20,21). The molecule has 0 radical (unpaired) electrons. The zero-order chi connectivity index (χ0) is 15.8. The molecule has 0 spiro atoms. The molecule has 0 aliphatic heterocycles. The van der Waals surface area contributed by atoms with Crippen molar-refractivity contribution in [1.82, 2.24) is 0 Å². The van der Waals surface area contributed by atoms with E-state index in [9.17, 15) is 9.90 Å². The third-order valence-corrected chi connectivity index (χ3v) is 3.54. The number of aliphatic hydroxyl groups excluding tert-OH is 1. The van der Waals surface area contributed by atoms with Crippen molar-refractivity contribution in [1.29, 1.82) is 0 Å². The van der Waals surface area contributed by atoms with E-state index in [-0.39, 0.29) is 0 Å². The number of allylic oxidation sites excluding steroid dienone is 2. The fraction of sp³-hybridized carbons (Fsp3) is 0.722. The lowest BCUT2D eigenvalue weighted by Gasteiger charge is -2.05. The van der Waals surface area contributed by atoms with Gasteiger partial charge in [0, 0.05) is 6.08 Å². The van der Waals surface area contributed by atoms with E-state index in [0.29, 0.717) is 0 Å². The van der Waals surface area contributed by atoms with Crippen LogP contribution in [0.5, 0.6) is 0 Å². The summed E-state index contributed by atoms with van der Waals surface area (Å²) in [5.41, 5.74) is 0. The molecule has 0 amide bonds. The number of aliphatic carboxylic acids is 1. The lowest BCUT2D eigenvalue weighted by molar-refractivity contribution is -0.131. The van der Waals surface area contributed by atoms with Crippen LogP contribution < -0.4 is 0 Å². The Morgan fingerprint density at radius 2 is 1.43 bits per heavy atom. The second-order valence-electron chi connectivity index (χ2n) is 5.62. The molecule has 0 aliphatic rings. The van der Waals surface area contributed by atoms with Gasteiger partial charge in [0.25, 0.3) is 0 Å². The minimum Gasteiger partial charge on any atom is -0.478 e. The van der Waals surface area contributed by atoms with Crippen LogP contribution in [0.25, 0.3) is 0 Å². The maximum atomic E-state index is 10.2. The van der Waals surface area contributed by atoms with Crippen LogP contribution in [0.4, 0.5) is 0 Å². The zero-order valence-corrected chi connectivity index (χ0v) is 13.5. The van der Waals surface area contributed by atoms with Crippen molar-refractivity contribution in [3.8, 4) is 0 Å². The molecule has 3 heteroatoms. The second-order valence-corrected chi connectivity index (χ2v) is 5.62. The smallest absolute Gasteiger partial charge is 0.328 e. The Balaban J connectivity index is 3.32. The summed E-state index contributed by atoms with van der Waals surface area (Å²) in [6.45, 7) is 2.24. The van der Waals surface area contributed by atoms with Gasteiger partial charge in [0.1, 0.15) is 0 Å².